The second-order valence-corrected chi connectivity index (χ2v) is 6.37. The summed E-state index contributed by atoms with van der Waals surface area (Å²) >= 11 is 10.8. The van der Waals surface area contributed by atoms with Crippen LogP contribution in [0.3, 0.4) is 0 Å². The molecule has 0 aliphatic rings. The lowest BCUT2D eigenvalue weighted by Crippen LogP contribution is -1.86. The van der Waals surface area contributed by atoms with E-state index in [1.807, 2.05) is 36.4 Å². The van der Waals surface area contributed by atoms with Crippen LogP contribution in [-0.2, 0) is 0 Å². The van der Waals surface area contributed by atoms with E-state index in [1.165, 1.54) is 0 Å². The van der Waals surface area contributed by atoms with Crippen molar-refractivity contribution >= 4 is 56.8 Å². The van der Waals surface area contributed by atoms with Crippen LogP contribution in [-0.4, -0.2) is 7.11 Å². The number of ether oxygens (including phenoxy) is 1. The molecule has 0 fully saturated rings. The van der Waals surface area contributed by atoms with Crippen LogP contribution in [0, 0.1) is 0 Å². The van der Waals surface area contributed by atoms with Crippen molar-refractivity contribution in [1.82, 2.24) is 0 Å². The maximum absolute atomic E-state index is 5.24. The third kappa shape index (κ3) is 3.71. The highest BCUT2D eigenvalue weighted by atomic mass is 79.9. The van der Waals surface area contributed by atoms with Crippen LogP contribution in [0.4, 0.5) is 0 Å². The summed E-state index contributed by atoms with van der Waals surface area (Å²) in [5.41, 5.74) is 2.16. The van der Waals surface area contributed by atoms with Gasteiger partial charge >= 0.3 is 0 Å². The Bertz CT molecular complexity index is 620. The second-order valence-electron chi connectivity index (χ2n) is 3.87. The summed E-state index contributed by atoms with van der Waals surface area (Å²) < 4.78 is 8.28. The van der Waals surface area contributed by atoms with Gasteiger partial charge in [-0.05, 0) is 67.3 Å². The van der Waals surface area contributed by atoms with Gasteiger partial charge in [0.25, 0.3) is 0 Å². The maximum Gasteiger partial charge on any atom is 0.119 e. The van der Waals surface area contributed by atoms with E-state index >= 15 is 0 Å². The van der Waals surface area contributed by atoms with Gasteiger partial charge in [-0.2, -0.15) is 0 Å². The lowest BCUT2D eigenvalue weighted by Gasteiger charge is -2.07. The fraction of sp³-hybridized carbons (Fsp3) is 0.0667. The van der Waals surface area contributed by atoms with Crippen molar-refractivity contribution in [1.29, 1.82) is 0 Å². The Hall–Kier alpha value is -0.580. The lowest BCUT2D eigenvalue weighted by atomic mass is 10.1. The van der Waals surface area contributed by atoms with Crippen LogP contribution < -0.4 is 4.74 Å². The molecular formula is C15H11Br3O. The molecule has 0 aromatic heterocycles. The van der Waals surface area contributed by atoms with Gasteiger partial charge in [0.2, 0.25) is 0 Å². The molecule has 1 nitrogen and oxygen atoms in total. The largest absolute Gasteiger partial charge is 0.497 e. The molecule has 2 rings (SSSR count). The van der Waals surface area contributed by atoms with Gasteiger partial charge in [0.1, 0.15) is 5.75 Å². The molecule has 2 aromatic rings. The van der Waals surface area contributed by atoms with Crippen LogP contribution in [0.2, 0.25) is 0 Å². The predicted octanol–water partition coefficient (Wildman–Crippen LogP) is 6.07. The fourth-order valence-corrected chi connectivity index (χ4v) is 2.99. The minimum atomic E-state index is 0.837. The molecule has 0 N–H and O–H groups in total. The quantitative estimate of drug-likeness (QED) is 0.520. The minimum Gasteiger partial charge on any atom is -0.497 e. The Morgan fingerprint density at radius 3 is 2.05 bits per heavy atom. The zero-order valence-corrected chi connectivity index (χ0v) is 14.9. The van der Waals surface area contributed by atoms with Crippen molar-refractivity contribution in [3.05, 3.63) is 64.1 Å². The summed E-state index contributed by atoms with van der Waals surface area (Å²) in [7, 11) is 1.67. The molecule has 0 heterocycles. The molecule has 0 atom stereocenters. The summed E-state index contributed by atoms with van der Waals surface area (Å²) in [6.45, 7) is 0. The van der Waals surface area contributed by atoms with Gasteiger partial charge in [0.05, 0.1) is 7.11 Å². The Balaban J connectivity index is 2.45. The Morgan fingerprint density at radius 2 is 1.47 bits per heavy atom. The Labute approximate surface area is 138 Å². The molecule has 0 unspecified atom stereocenters. The summed E-state index contributed by atoms with van der Waals surface area (Å²) in [6.07, 6.45) is 0. The number of hydrogen-bond donors (Lipinski definition) is 0. The van der Waals surface area contributed by atoms with Gasteiger partial charge in [-0.25, -0.2) is 0 Å². The number of rotatable bonds is 3. The molecule has 0 aliphatic heterocycles. The van der Waals surface area contributed by atoms with Crippen LogP contribution in [0.1, 0.15) is 11.1 Å². The summed E-state index contributed by atoms with van der Waals surface area (Å²) in [5.74, 6) is 0.837. The second kappa shape index (κ2) is 6.73. The summed E-state index contributed by atoms with van der Waals surface area (Å²) in [5, 5.41) is 0. The molecule has 0 amide bonds. The van der Waals surface area contributed by atoms with Gasteiger partial charge in [0, 0.05) is 13.4 Å². The molecule has 0 spiro atoms. The zero-order chi connectivity index (χ0) is 13.8. The molecule has 98 valence electrons. The van der Waals surface area contributed by atoms with E-state index in [-0.39, 0.29) is 0 Å². The van der Waals surface area contributed by atoms with E-state index in [0.29, 0.717) is 0 Å². The van der Waals surface area contributed by atoms with Crippen LogP contribution >= 0.6 is 47.8 Å². The maximum atomic E-state index is 5.24. The molecule has 19 heavy (non-hydrogen) atoms. The zero-order valence-electron chi connectivity index (χ0n) is 10.2. The van der Waals surface area contributed by atoms with E-state index in [2.05, 4.69) is 59.9 Å². The average molecular weight is 447 g/mol. The van der Waals surface area contributed by atoms with Gasteiger partial charge in [0.15, 0.2) is 0 Å². The van der Waals surface area contributed by atoms with Crippen LogP contribution in [0.15, 0.2) is 53.0 Å². The van der Waals surface area contributed by atoms with Crippen molar-refractivity contribution in [3.63, 3.8) is 0 Å². The van der Waals surface area contributed by atoms with Gasteiger partial charge < -0.3 is 4.74 Å². The normalized spacial score (nSPS) is 12.0. The third-order valence-electron chi connectivity index (χ3n) is 2.59. The Morgan fingerprint density at radius 1 is 0.895 bits per heavy atom. The number of benzene rings is 2. The first kappa shape index (κ1) is 14.8. The molecule has 0 saturated heterocycles. The average Bonchev–Trinajstić information content (AvgIpc) is 2.45. The minimum absolute atomic E-state index is 0.837. The molecule has 0 saturated carbocycles. The molecule has 0 radical (unpaired) electrons. The van der Waals surface area contributed by atoms with Crippen LogP contribution in [0.5, 0.6) is 5.75 Å². The Kier molecular flexibility index (Phi) is 5.25. The van der Waals surface area contributed by atoms with E-state index < -0.39 is 0 Å². The summed E-state index contributed by atoms with van der Waals surface area (Å²) in [4.78, 5) is 0. The highest BCUT2D eigenvalue weighted by Gasteiger charge is 2.07. The summed E-state index contributed by atoms with van der Waals surface area (Å²) in [6, 6.07) is 16.0. The van der Waals surface area contributed by atoms with Gasteiger partial charge in [-0.3, -0.25) is 0 Å². The monoisotopic (exact) mass is 444 g/mol. The molecule has 0 bridgehead atoms. The molecular weight excluding hydrogens is 436 g/mol. The predicted molar refractivity (Wildman–Crippen MR) is 91.8 cm³/mol. The van der Waals surface area contributed by atoms with Crippen molar-refractivity contribution in [2.24, 2.45) is 0 Å². The van der Waals surface area contributed by atoms with Gasteiger partial charge in [-0.15, -0.1) is 0 Å². The number of methoxy groups -OCH3 is 1. The molecule has 4 heteroatoms. The molecule has 2 aromatic carbocycles. The fourth-order valence-electron chi connectivity index (χ4n) is 1.64. The molecule has 0 aliphatic carbocycles. The number of hydrogen-bond acceptors (Lipinski definition) is 1. The van der Waals surface area contributed by atoms with E-state index in [9.17, 15) is 0 Å². The van der Waals surface area contributed by atoms with Crippen molar-refractivity contribution < 1.29 is 4.74 Å². The van der Waals surface area contributed by atoms with Crippen molar-refractivity contribution in [2.45, 2.75) is 0 Å². The first-order chi connectivity index (χ1) is 9.11. The lowest BCUT2D eigenvalue weighted by molar-refractivity contribution is 0.414. The van der Waals surface area contributed by atoms with E-state index in [4.69, 9.17) is 4.74 Å². The third-order valence-corrected chi connectivity index (χ3v) is 5.33. The first-order valence-electron chi connectivity index (χ1n) is 5.57. The highest BCUT2D eigenvalue weighted by Crippen LogP contribution is 2.37. The number of halogens is 3. The van der Waals surface area contributed by atoms with Crippen molar-refractivity contribution in [3.8, 4) is 5.75 Å². The van der Waals surface area contributed by atoms with Crippen molar-refractivity contribution in [2.75, 3.05) is 7.11 Å². The highest BCUT2D eigenvalue weighted by molar-refractivity contribution is 9.18. The van der Waals surface area contributed by atoms with Gasteiger partial charge in [-0.1, -0.05) is 40.2 Å². The smallest absolute Gasteiger partial charge is 0.119 e. The van der Waals surface area contributed by atoms with E-state index in [0.717, 1.165) is 30.3 Å². The van der Waals surface area contributed by atoms with E-state index in [1.54, 1.807) is 7.11 Å². The SMILES string of the molecule is COc1cccc(/C(Br)=C(\Br)c2cccc(Br)c2)c1. The standard InChI is InChI=1S/C15H11Br3O/c1-19-13-7-3-5-11(9-13)15(18)14(17)10-4-2-6-12(16)8-10/h2-9H,1H3/b15-14+. The first-order valence-corrected chi connectivity index (χ1v) is 7.95. The topological polar surface area (TPSA) is 9.23 Å². The van der Waals surface area contributed by atoms with Crippen LogP contribution in [0.25, 0.3) is 8.96 Å².